The Morgan fingerprint density at radius 2 is 1.86 bits per heavy atom. The van der Waals surface area contributed by atoms with Crippen LogP contribution in [-0.2, 0) is 0 Å². The Morgan fingerprint density at radius 3 is 2.60 bits per heavy atom. The molecule has 2 aliphatic rings. The van der Waals surface area contributed by atoms with Crippen LogP contribution < -0.4 is 10.6 Å². The lowest BCUT2D eigenvalue weighted by molar-refractivity contribution is 0.621. The molecule has 35 heavy (non-hydrogen) atoms. The summed E-state index contributed by atoms with van der Waals surface area (Å²) in [6, 6.07) is 17.2. The highest BCUT2D eigenvalue weighted by Crippen LogP contribution is 2.40. The zero-order valence-electron chi connectivity index (χ0n) is 19.5. The normalized spacial score (nSPS) is 18.4. The third-order valence-electron chi connectivity index (χ3n) is 7.12. The van der Waals surface area contributed by atoms with Gasteiger partial charge in [0.25, 0.3) is 0 Å². The van der Waals surface area contributed by atoms with E-state index in [1.165, 1.54) is 30.5 Å². The molecular formula is C28H27FN6. The first-order valence-corrected chi connectivity index (χ1v) is 12.3. The van der Waals surface area contributed by atoms with Crippen LogP contribution in [0, 0.1) is 17.1 Å². The number of nitrogens with two attached hydrogens (primary N) is 1. The molecule has 6 rings (SSSR count). The first-order chi connectivity index (χ1) is 17.1. The van der Waals surface area contributed by atoms with Gasteiger partial charge in [-0.3, -0.25) is 4.57 Å². The second-order valence-corrected chi connectivity index (χ2v) is 9.65. The number of nitriles is 1. The van der Waals surface area contributed by atoms with Gasteiger partial charge in [0.05, 0.1) is 11.3 Å². The molecule has 1 aliphatic heterocycles. The Hall–Kier alpha value is -3.76. The molecule has 1 saturated carbocycles. The first kappa shape index (κ1) is 21.8. The summed E-state index contributed by atoms with van der Waals surface area (Å²) in [5.41, 5.74) is 11.7. The number of halogens is 1. The zero-order chi connectivity index (χ0) is 23.9. The predicted molar refractivity (Wildman–Crippen MR) is 135 cm³/mol. The molecule has 2 aromatic heterocycles. The van der Waals surface area contributed by atoms with Gasteiger partial charge in [0.15, 0.2) is 5.65 Å². The fourth-order valence-electron chi connectivity index (χ4n) is 5.10. The number of benzene rings is 2. The molecule has 4 aromatic rings. The summed E-state index contributed by atoms with van der Waals surface area (Å²) in [5.74, 6) is 0.702. The monoisotopic (exact) mass is 466 g/mol. The molecule has 0 spiro atoms. The minimum Gasteiger partial charge on any atom is -0.368 e. The molecule has 7 heteroatoms. The van der Waals surface area contributed by atoms with Crippen molar-refractivity contribution in [2.75, 3.05) is 18.0 Å². The van der Waals surface area contributed by atoms with Crippen molar-refractivity contribution in [1.82, 2.24) is 14.5 Å². The second-order valence-electron chi connectivity index (χ2n) is 9.65. The molecular weight excluding hydrogens is 439 g/mol. The van der Waals surface area contributed by atoms with Gasteiger partial charge in [0.1, 0.15) is 23.2 Å². The van der Waals surface area contributed by atoms with Crippen LogP contribution in [-0.4, -0.2) is 33.7 Å². The summed E-state index contributed by atoms with van der Waals surface area (Å²) in [5, 5.41) is 9.19. The van der Waals surface area contributed by atoms with Crippen molar-refractivity contribution in [2.45, 2.75) is 44.1 Å². The van der Waals surface area contributed by atoms with Crippen molar-refractivity contribution >= 4 is 16.9 Å². The van der Waals surface area contributed by atoms with E-state index in [1.54, 1.807) is 6.07 Å². The molecule has 1 aliphatic carbocycles. The maximum atomic E-state index is 14.6. The number of nitrogens with zero attached hydrogens (tertiary/aromatic N) is 5. The van der Waals surface area contributed by atoms with Crippen molar-refractivity contribution in [3.63, 3.8) is 0 Å². The van der Waals surface area contributed by atoms with E-state index in [4.69, 9.17) is 15.7 Å². The summed E-state index contributed by atoms with van der Waals surface area (Å²) < 4.78 is 16.6. The smallest absolute Gasteiger partial charge is 0.167 e. The van der Waals surface area contributed by atoms with Crippen LogP contribution in [0.15, 0.2) is 54.7 Å². The van der Waals surface area contributed by atoms with Gasteiger partial charge in [-0.15, -0.1) is 0 Å². The van der Waals surface area contributed by atoms with Gasteiger partial charge in [-0.1, -0.05) is 18.6 Å². The number of pyridine rings is 1. The highest BCUT2D eigenvalue weighted by molar-refractivity contribution is 5.90. The van der Waals surface area contributed by atoms with Crippen LogP contribution in [0.3, 0.4) is 0 Å². The SMILES string of the molecule is N#Cc1ccc(-c2nc3c(N4CCCC[C@@H](N)C4)ccnc3n2-c2ccc(C3CC3)cc2)cc1F. The van der Waals surface area contributed by atoms with E-state index in [1.807, 2.05) is 22.9 Å². The van der Waals surface area contributed by atoms with Crippen LogP contribution in [0.5, 0.6) is 0 Å². The molecule has 2 fully saturated rings. The Bertz CT molecular complexity index is 1430. The minimum atomic E-state index is -0.556. The van der Waals surface area contributed by atoms with Crippen LogP contribution >= 0.6 is 0 Å². The number of fused-ring (bicyclic) bond motifs is 1. The van der Waals surface area contributed by atoms with Gasteiger partial charge < -0.3 is 10.6 Å². The predicted octanol–water partition coefficient (Wildman–Crippen LogP) is 5.29. The summed E-state index contributed by atoms with van der Waals surface area (Å²) in [6.45, 7) is 1.68. The number of hydrogen-bond acceptors (Lipinski definition) is 5. The molecule has 0 bridgehead atoms. The summed E-state index contributed by atoms with van der Waals surface area (Å²) in [7, 11) is 0. The van der Waals surface area contributed by atoms with E-state index in [9.17, 15) is 9.65 Å². The lowest BCUT2D eigenvalue weighted by Crippen LogP contribution is -2.35. The van der Waals surface area contributed by atoms with E-state index in [0.717, 1.165) is 54.9 Å². The molecule has 1 atom stereocenters. The van der Waals surface area contributed by atoms with Crippen molar-refractivity contribution in [1.29, 1.82) is 5.26 Å². The topological polar surface area (TPSA) is 83.8 Å². The average Bonchev–Trinajstić information content (AvgIpc) is 3.68. The summed E-state index contributed by atoms with van der Waals surface area (Å²) >= 11 is 0. The maximum Gasteiger partial charge on any atom is 0.167 e. The Kier molecular flexibility index (Phi) is 5.46. The maximum absolute atomic E-state index is 14.6. The van der Waals surface area contributed by atoms with Crippen LogP contribution in [0.1, 0.15) is 49.1 Å². The molecule has 0 radical (unpaired) electrons. The van der Waals surface area contributed by atoms with E-state index in [0.29, 0.717) is 17.3 Å². The molecule has 0 unspecified atom stereocenters. The Morgan fingerprint density at radius 1 is 1.03 bits per heavy atom. The molecule has 2 N–H and O–H groups in total. The minimum absolute atomic E-state index is 0.0163. The lowest BCUT2D eigenvalue weighted by atomic mass is 10.1. The second kappa shape index (κ2) is 8.79. The van der Waals surface area contributed by atoms with Crippen LogP contribution in [0.4, 0.5) is 10.1 Å². The fraction of sp³-hybridized carbons (Fsp3) is 0.321. The number of aromatic nitrogens is 3. The number of rotatable bonds is 4. The van der Waals surface area contributed by atoms with Crippen molar-refractivity contribution < 1.29 is 4.39 Å². The van der Waals surface area contributed by atoms with E-state index < -0.39 is 5.82 Å². The Labute approximate surface area is 203 Å². The van der Waals surface area contributed by atoms with Gasteiger partial charge in [0.2, 0.25) is 0 Å². The largest absolute Gasteiger partial charge is 0.368 e. The number of anilines is 1. The quantitative estimate of drug-likeness (QED) is 0.442. The molecule has 3 heterocycles. The molecule has 176 valence electrons. The van der Waals surface area contributed by atoms with Gasteiger partial charge in [-0.05, 0) is 73.6 Å². The summed E-state index contributed by atoms with van der Waals surface area (Å²) in [6.07, 6.45) is 7.51. The van der Waals surface area contributed by atoms with Crippen molar-refractivity contribution in [3.8, 4) is 23.1 Å². The molecule has 1 saturated heterocycles. The van der Waals surface area contributed by atoms with Crippen LogP contribution in [0.25, 0.3) is 28.2 Å². The van der Waals surface area contributed by atoms with Gasteiger partial charge in [-0.2, -0.15) is 5.26 Å². The first-order valence-electron chi connectivity index (χ1n) is 12.3. The standard InChI is InChI=1S/C28H27FN6/c29-24-15-20(6-7-21(24)16-30)27-33-26-25(34-14-2-1-3-22(31)17-34)12-13-32-28(26)35(27)23-10-8-19(9-11-23)18-4-5-18/h6-13,15,18,22H,1-5,14,17,31H2/t22-/m1/s1. The highest BCUT2D eigenvalue weighted by atomic mass is 19.1. The number of hydrogen-bond donors (Lipinski definition) is 1. The average molecular weight is 467 g/mol. The van der Waals surface area contributed by atoms with Crippen molar-refractivity contribution in [3.05, 3.63) is 71.7 Å². The van der Waals surface area contributed by atoms with Crippen LogP contribution in [0.2, 0.25) is 0 Å². The Balaban J connectivity index is 1.55. The zero-order valence-corrected chi connectivity index (χ0v) is 19.5. The highest BCUT2D eigenvalue weighted by Gasteiger charge is 2.25. The lowest BCUT2D eigenvalue weighted by Gasteiger charge is -2.25. The molecule has 2 aromatic carbocycles. The third-order valence-corrected chi connectivity index (χ3v) is 7.12. The number of imidazole rings is 1. The van der Waals surface area contributed by atoms with E-state index in [-0.39, 0.29) is 11.6 Å². The molecule has 6 nitrogen and oxygen atoms in total. The third kappa shape index (κ3) is 4.04. The fourth-order valence-corrected chi connectivity index (χ4v) is 5.10. The van der Waals surface area contributed by atoms with Crippen molar-refractivity contribution in [2.24, 2.45) is 5.73 Å². The molecule has 0 amide bonds. The van der Waals surface area contributed by atoms with Gasteiger partial charge >= 0.3 is 0 Å². The summed E-state index contributed by atoms with van der Waals surface area (Å²) in [4.78, 5) is 12.1. The van der Waals surface area contributed by atoms with Gasteiger partial charge in [0, 0.05) is 36.6 Å². The van der Waals surface area contributed by atoms with E-state index in [2.05, 4.69) is 29.2 Å². The van der Waals surface area contributed by atoms with E-state index >= 15 is 0 Å². The van der Waals surface area contributed by atoms with Gasteiger partial charge in [-0.25, -0.2) is 14.4 Å².